The van der Waals surface area contributed by atoms with E-state index in [1.54, 1.807) is 25.3 Å². The van der Waals surface area contributed by atoms with Crippen molar-refractivity contribution in [3.05, 3.63) is 56.5 Å². The highest BCUT2D eigenvalue weighted by atomic mass is 79.9. The number of hydrogen-bond acceptors (Lipinski definition) is 2. The molecule has 0 heterocycles. The Hall–Kier alpha value is -0.900. The van der Waals surface area contributed by atoms with Crippen LogP contribution in [0.3, 0.4) is 0 Å². The molecule has 0 bridgehead atoms. The average Bonchev–Trinajstić information content (AvgIpc) is 2.39. The topological polar surface area (TPSA) is 18.5 Å². The summed E-state index contributed by atoms with van der Waals surface area (Å²) in [6.07, 6.45) is 0. The number of ether oxygens (including phenoxy) is 2. The molecule has 2 aromatic rings. The summed E-state index contributed by atoms with van der Waals surface area (Å²) in [5.41, 5.74) is 0.977. The zero-order valence-electron chi connectivity index (χ0n) is 10.1. The monoisotopic (exact) mass is 360 g/mol. The van der Waals surface area contributed by atoms with Crippen LogP contribution in [0, 0.1) is 0 Å². The van der Waals surface area contributed by atoms with E-state index >= 15 is 0 Å². The van der Waals surface area contributed by atoms with Crippen LogP contribution in [-0.4, -0.2) is 7.11 Å². The fourth-order valence-electron chi connectivity index (χ4n) is 1.54. The quantitative estimate of drug-likeness (QED) is 0.731. The summed E-state index contributed by atoms with van der Waals surface area (Å²) in [6, 6.07) is 10.8. The second kappa shape index (κ2) is 6.51. The highest BCUT2D eigenvalue weighted by Gasteiger charge is 2.06. The number of halogens is 3. The normalized spacial score (nSPS) is 10.3. The van der Waals surface area contributed by atoms with Crippen LogP contribution < -0.4 is 9.47 Å². The van der Waals surface area contributed by atoms with Crippen LogP contribution in [0.15, 0.2) is 40.9 Å². The Kier molecular flexibility index (Phi) is 4.97. The van der Waals surface area contributed by atoms with Gasteiger partial charge in [-0.05, 0) is 36.4 Å². The van der Waals surface area contributed by atoms with E-state index in [2.05, 4.69) is 15.9 Å². The number of hydrogen-bond donors (Lipinski definition) is 0. The zero-order valence-corrected chi connectivity index (χ0v) is 13.2. The molecule has 0 N–H and O–H groups in total. The lowest BCUT2D eigenvalue weighted by Crippen LogP contribution is -1.97. The maximum Gasteiger partial charge on any atom is 0.138 e. The molecule has 0 aliphatic rings. The van der Waals surface area contributed by atoms with Gasteiger partial charge < -0.3 is 9.47 Å². The molecule has 0 fully saturated rings. The Morgan fingerprint density at radius 1 is 1.11 bits per heavy atom. The van der Waals surface area contributed by atoms with Crippen molar-refractivity contribution in [3.8, 4) is 11.5 Å². The minimum absolute atomic E-state index is 0.388. The fraction of sp³-hybridized carbons (Fsp3) is 0.143. The van der Waals surface area contributed by atoms with Crippen molar-refractivity contribution in [1.29, 1.82) is 0 Å². The minimum atomic E-state index is 0.388. The first-order valence-corrected chi connectivity index (χ1v) is 7.05. The Morgan fingerprint density at radius 2 is 1.89 bits per heavy atom. The van der Waals surface area contributed by atoms with Gasteiger partial charge in [0.1, 0.15) is 18.1 Å². The second-order valence-electron chi connectivity index (χ2n) is 3.82. The molecule has 0 aliphatic heterocycles. The van der Waals surface area contributed by atoms with Crippen LogP contribution in [0.4, 0.5) is 0 Å². The summed E-state index contributed by atoms with van der Waals surface area (Å²) in [4.78, 5) is 0. The van der Waals surface area contributed by atoms with Crippen molar-refractivity contribution in [2.24, 2.45) is 0 Å². The molecule has 0 saturated heterocycles. The molecule has 0 aromatic heterocycles. The molecule has 19 heavy (non-hydrogen) atoms. The molecular formula is C14H11BrCl2O2. The standard InChI is InChI=1S/C14H11BrCl2O2/c1-18-11-3-4-12(15)9(6-11)8-19-14-5-2-10(16)7-13(14)17/h2-7H,8H2,1H3. The Bertz CT molecular complexity index is 588. The van der Waals surface area contributed by atoms with Gasteiger partial charge in [-0.2, -0.15) is 0 Å². The minimum Gasteiger partial charge on any atom is -0.497 e. The van der Waals surface area contributed by atoms with E-state index in [0.29, 0.717) is 22.4 Å². The van der Waals surface area contributed by atoms with Crippen molar-refractivity contribution < 1.29 is 9.47 Å². The van der Waals surface area contributed by atoms with Gasteiger partial charge in [-0.3, -0.25) is 0 Å². The van der Waals surface area contributed by atoms with Crippen molar-refractivity contribution in [1.82, 2.24) is 0 Å². The summed E-state index contributed by atoms with van der Waals surface area (Å²) < 4.78 is 11.8. The van der Waals surface area contributed by atoms with Gasteiger partial charge in [0.15, 0.2) is 0 Å². The van der Waals surface area contributed by atoms with Crippen molar-refractivity contribution in [2.75, 3.05) is 7.11 Å². The second-order valence-corrected chi connectivity index (χ2v) is 5.52. The highest BCUT2D eigenvalue weighted by Crippen LogP contribution is 2.29. The predicted octanol–water partition coefficient (Wildman–Crippen LogP) is 5.34. The Labute approximate surface area is 130 Å². The van der Waals surface area contributed by atoms with Crippen LogP contribution in [0.5, 0.6) is 11.5 Å². The van der Waals surface area contributed by atoms with E-state index in [1.165, 1.54) is 0 Å². The third kappa shape index (κ3) is 3.78. The molecule has 5 heteroatoms. The van der Waals surface area contributed by atoms with Gasteiger partial charge in [0.2, 0.25) is 0 Å². The van der Waals surface area contributed by atoms with Crippen molar-refractivity contribution >= 4 is 39.1 Å². The molecule has 0 radical (unpaired) electrons. The summed E-state index contributed by atoms with van der Waals surface area (Å²) in [6.45, 7) is 0.388. The molecule has 100 valence electrons. The van der Waals surface area contributed by atoms with E-state index in [9.17, 15) is 0 Å². The number of methoxy groups -OCH3 is 1. The van der Waals surface area contributed by atoms with Gasteiger partial charge in [-0.1, -0.05) is 39.1 Å². The average molecular weight is 362 g/mol. The first-order chi connectivity index (χ1) is 9.10. The van der Waals surface area contributed by atoms with Gasteiger partial charge in [0.05, 0.1) is 12.1 Å². The lowest BCUT2D eigenvalue weighted by Gasteiger charge is -2.10. The van der Waals surface area contributed by atoms with E-state index in [-0.39, 0.29) is 0 Å². The van der Waals surface area contributed by atoms with Crippen LogP contribution in [0.25, 0.3) is 0 Å². The molecule has 0 spiro atoms. The number of benzene rings is 2. The first-order valence-electron chi connectivity index (χ1n) is 5.50. The third-order valence-electron chi connectivity index (χ3n) is 2.53. The van der Waals surface area contributed by atoms with E-state index in [4.69, 9.17) is 32.7 Å². The fourth-order valence-corrected chi connectivity index (χ4v) is 2.36. The van der Waals surface area contributed by atoms with Gasteiger partial charge in [-0.25, -0.2) is 0 Å². The highest BCUT2D eigenvalue weighted by molar-refractivity contribution is 9.10. The maximum atomic E-state index is 6.05. The van der Waals surface area contributed by atoms with Crippen LogP contribution in [0.2, 0.25) is 10.0 Å². The molecule has 0 saturated carbocycles. The molecular weight excluding hydrogens is 351 g/mol. The van der Waals surface area contributed by atoms with Gasteiger partial charge in [0, 0.05) is 15.1 Å². The predicted molar refractivity (Wildman–Crippen MR) is 81.5 cm³/mol. The lowest BCUT2D eigenvalue weighted by molar-refractivity contribution is 0.304. The summed E-state index contributed by atoms with van der Waals surface area (Å²) in [5.74, 6) is 1.38. The van der Waals surface area contributed by atoms with Crippen molar-refractivity contribution in [2.45, 2.75) is 6.61 Å². The Morgan fingerprint density at radius 3 is 2.58 bits per heavy atom. The largest absolute Gasteiger partial charge is 0.497 e. The molecule has 2 rings (SSSR count). The summed E-state index contributed by atoms with van der Waals surface area (Å²) >= 11 is 15.4. The molecule has 2 aromatic carbocycles. The molecule has 0 amide bonds. The smallest absolute Gasteiger partial charge is 0.138 e. The van der Waals surface area contributed by atoms with E-state index < -0.39 is 0 Å². The Balaban J connectivity index is 2.14. The maximum absolute atomic E-state index is 6.05. The van der Waals surface area contributed by atoms with E-state index in [1.807, 2.05) is 18.2 Å². The van der Waals surface area contributed by atoms with E-state index in [0.717, 1.165) is 15.8 Å². The molecule has 0 aliphatic carbocycles. The zero-order chi connectivity index (χ0) is 13.8. The van der Waals surface area contributed by atoms with Crippen LogP contribution in [0.1, 0.15) is 5.56 Å². The summed E-state index contributed by atoms with van der Waals surface area (Å²) in [7, 11) is 1.63. The van der Waals surface area contributed by atoms with Crippen molar-refractivity contribution in [3.63, 3.8) is 0 Å². The first kappa shape index (κ1) is 14.5. The third-order valence-corrected chi connectivity index (χ3v) is 3.83. The van der Waals surface area contributed by atoms with Crippen LogP contribution in [-0.2, 0) is 6.61 Å². The van der Waals surface area contributed by atoms with Gasteiger partial charge in [0.25, 0.3) is 0 Å². The number of rotatable bonds is 4. The molecule has 2 nitrogen and oxygen atoms in total. The molecule has 0 atom stereocenters. The summed E-state index contributed by atoms with van der Waals surface area (Å²) in [5, 5.41) is 1.08. The van der Waals surface area contributed by atoms with Gasteiger partial charge in [-0.15, -0.1) is 0 Å². The SMILES string of the molecule is COc1ccc(Br)c(COc2ccc(Cl)cc2Cl)c1. The molecule has 0 unspecified atom stereocenters. The van der Waals surface area contributed by atoms with Crippen LogP contribution >= 0.6 is 39.1 Å². The lowest BCUT2D eigenvalue weighted by atomic mass is 10.2. The van der Waals surface area contributed by atoms with Gasteiger partial charge >= 0.3 is 0 Å².